The van der Waals surface area contributed by atoms with Gasteiger partial charge < -0.3 is 5.11 Å². The number of sulfonamides is 1. The molecule has 100 valence electrons. The van der Waals surface area contributed by atoms with Gasteiger partial charge in [-0.05, 0) is 43.4 Å². The lowest BCUT2D eigenvalue weighted by molar-refractivity contribution is 0.143. The summed E-state index contributed by atoms with van der Waals surface area (Å²) in [4.78, 5) is 0.149. The van der Waals surface area contributed by atoms with Gasteiger partial charge in [0, 0.05) is 11.6 Å². The number of hydrogen-bond acceptors (Lipinski definition) is 3. The number of aliphatic hydroxyl groups is 1. The van der Waals surface area contributed by atoms with Crippen molar-refractivity contribution in [2.75, 3.05) is 6.54 Å². The van der Waals surface area contributed by atoms with Crippen molar-refractivity contribution in [3.05, 3.63) is 29.3 Å². The van der Waals surface area contributed by atoms with Gasteiger partial charge in [-0.25, -0.2) is 13.1 Å². The first kappa shape index (κ1) is 13.8. The summed E-state index contributed by atoms with van der Waals surface area (Å²) in [5, 5.41) is 10.0. The van der Waals surface area contributed by atoms with Gasteiger partial charge in [0.05, 0.1) is 11.0 Å². The van der Waals surface area contributed by atoms with Crippen LogP contribution in [0.1, 0.15) is 19.3 Å². The molecule has 1 saturated carbocycles. The smallest absolute Gasteiger partial charge is 0.240 e. The minimum absolute atomic E-state index is 0.149. The highest BCUT2D eigenvalue weighted by Gasteiger charge is 2.29. The van der Waals surface area contributed by atoms with E-state index in [0.29, 0.717) is 17.4 Å². The van der Waals surface area contributed by atoms with Gasteiger partial charge in [0.15, 0.2) is 0 Å². The molecule has 0 saturated heterocycles. The van der Waals surface area contributed by atoms with E-state index in [-0.39, 0.29) is 11.4 Å². The molecule has 0 bridgehead atoms. The second-order valence-corrected chi connectivity index (χ2v) is 6.75. The molecule has 6 heteroatoms. The van der Waals surface area contributed by atoms with Crippen molar-refractivity contribution in [2.24, 2.45) is 5.92 Å². The highest BCUT2D eigenvalue weighted by Crippen LogP contribution is 2.33. The fourth-order valence-corrected chi connectivity index (χ4v) is 3.12. The standard InChI is InChI=1S/C12H16ClNO3S/c13-10-2-1-3-11(8-10)18(16,17)14-7-6-12(15)9-4-5-9/h1-3,8-9,12,14-15H,4-7H2. The molecule has 0 radical (unpaired) electrons. The van der Waals surface area contributed by atoms with Gasteiger partial charge in [0.1, 0.15) is 0 Å². The molecule has 18 heavy (non-hydrogen) atoms. The minimum atomic E-state index is -3.53. The fourth-order valence-electron chi connectivity index (χ4n) is 1.78. The van der Waals surface area contributed by atoms with Gasteiger partial charge in [-0.1, -0.05) is 17.7 Å². The van der Waals surface area contributed by atoms with E-state index >= 15 is 0 Å². The summed E-state index contributed by atoms with van der Waals surface area (Å²) in [7, 11) is -3.53. The molecule has 2 N–H and O–H groups in total. The molecule has 1 aromatic rings. The van der Waals surface area contributed by atoms with Crippen LogP contribution in [0.3, 0.4) is 0 Å². The van der Waals surface area contributed by atoms with E-state index in [9.17, 15) is 13.5 Å². The summed E-state index contributed by atoms with van der Waals surface area (Å²) >= 11 is 5.75. The van der Waals surface area contributed by atoms with Crippen LogP contribution in [0.15, 0.2) is 29.2 Å². The van der Waals surface area contributed by atoms with Crippen LogP contribution in [0.4, 0.5) is 0 Å². The summed E-state index contributed by atoms with van der Waals surface area (Å²) in [6.45, 7) is 0.243. The average Bonchev–Trinajstić information content (AvgIpc) is 3.12. The van der Waals surface area contributed by atoms with Crippen LogP contribution in [0, 0.1) is 5.92 Å². The molecule has 1 fully saturated rings. The molecule has 4 nitrogen and oxygen atoms in total. The number of halogens is 1. The average molecular weight is 290 g/mol. The van der Waals surface area contributed by atoms with Crippen LogP contribution in [0.25, 0.3) is 0 Å². The summed E-state index contributed by atoms with van der Waals surface area (Å²) < 4.78 is 26.3. The first-order chi connectivity index (χ1) is 8.49. The van der Waals surface area contributed by atoms with Crippen molar-refractivity contribution < 1.29 is 13.5 Å². The molecular weight excluding hydrogens is 274 g/mol. The largest absolute Gasteiger partial charge is 0.393 e. The third-order valence-electron chi connectivity index (χ3n) is 3.00. The summed E-state index contributed by atoms with van der Waals surface area (Å²) in [5.74, 6) is 0.362. The van der Waals surface area contributed by atoms with Gasteiger partial charge in [-0.3, -0.25) is 0 Å². The van der Waals surface area contributed by atoms with Crippen molar-refractivity contribution in [1.29, 1.82) is 0 Å². The van der Waals surface area contributed by atoms with E-state index < -0.39 is 16.1 Å². The molecule has 0 amide bonds. The maximum Gasteiger partial charge on any atom is 0.240 e. The Morgan fingerprint density at radius 3 is 2.78 bits per heavy atom. The van der Waals surface area contributed by atoms with Crippen LogP contribution in [0.5, 0.6) is 0 Å². The molecule has 0 aromatic heterocycles. The Bertz CT molecular complexity index is 514. The zero-order chi connectivity index (χ0) is 13.2. The van der Waals surface area contributed by atoms with Crippen LogP contribution >= 0.6 is 11.6 Å². The van der Waals surface area contributed by atoms with E-state index in [1.165, 1.54) is 12.1 Å². The number of aliphatic hydroxyl groups excluding tert-OH is 1. The zero-order valence-corrected chi connectivity index (χ0v) is 11.4. The lowest BCUT2D eigenvalue weighted by Crippen LogP contribution is -2.27. The van der Waals surface area contributed by atoms with Gasteiger partial charge in [-0.15, -0.1) is 0 Å². The predicted molar refractivity (Wildman–Crippen MR) is 70.0 cm³/mol. The van der Waals surface area contributed by atoms with Crippen molar-refractivity contribution in [1.82, 2.24) is 4.72 Å². The monoisotopic (exact) mass is 289 g/mol. The molecule has 1 aliphatic carbocycles. The van der Waals surface area contributed by atoms with Gasteiger partial charge in [-0.2, -0.15) is 0 Å². The van der Waals surface area contributed by atoms with E-state index in [1.54, 1.807) is 12.1 Å². The number of hydrogen-bond donors (Lipinski definition) is 2. The highest BCUT2D eigenvalue weighted by atomic mass is 35.5. The molecule has 0 aliphatic heterocycles. The van der Waals surface area contributed by atoms with Crippen LogP contribution in [0.2, 0.25) is 5.02 Å². The second-order valence-electron chi connectivity index (χ2n) is 4.55. The highest BCUT2D eigenvalue weighted by molar-refractivity contribution is 7.89. The summed E-state index contributed by atoms with van der Waals surface area (Å²) in [5.41, 5.74) is 0. The molecular formula is C12H16ClNO3S. The molecule has 1 unspecified atom stereocenters. The molecule has 1 aliphatic rings. The number of nitrogens with one attached hydrogen (secondary N) is 1. The van der Waals surface area contributed by atoms with E-state index in [2.05, 4.69) is 4.72 Å². The topological polar surface area (TPSA) is 66.4 Å². The number of rotatable bonds is 6. The maximum atomic E-state index is 11.9. The third kappa shape index (κ3) is 3.68. The minimum Gasteiger partial charge on any atom is -0.393 e. The molecule has 0 spiro atoms. The van der Waals surface area contributed by atoms with Crippen molar-refractivity contribution in [3.63, 3.8) is 0 Å². The van der Waals surface area contributed by atoms with Crippen LogP contribution in [-0.4, -0.2) is 26.2 Å². The fraction of sp³-hybridized carbons (Fsp3) is 0.500. The Morgan fingerprint density at radius 2 is 2.17 bits per heavy atom. The number of benzene rings is 1. The molecule has 2 rings (SSSR count). The zero-order valence-electron chi connectivity index (χ0n) is 9.84. The Balaban J connectivity index is 1.90. The van der Waals surface area contributed by atoms with E-state index in [0.717, 1.165) is 12.8 Å². The van der Waals surface area contributed by atoms with E-state index in [4.69, 9.17) is 11.6 Å². The van der Waals surface area contributed by atoms with Crippen molar-refractivity contribution >= 4 is 21.6 Å². The van der Waals surface area contributed by atoms with Crippen molar-refractivity contribution in [3.8, 4) is 0 Å². The Hall–Kier alpha value is -0.620. The summed E-state index contributed by atoms with van der Waals surface area (Å²) in [6, 6.07) is 6.11. The molecule has 0 heterocycles. The predicted octanol–water partition coefficient (Wildman–Crippen LogP) is 1.78. The van der Waals surface area contributed by atoms with Crippen LogP contribution < -0.4 is 4.72 Å². The lowest BCUT2D eigenvalue weighted by atomic mass is 10.2. The van der Waals surface area contributed by atoms with Gasteiger partial charge in [0.2, 0.25) is 10.0 Å². The van der Waals surface area contributed by atoms with Crippen molar-refractivity contribution in [2.45, 2.75) is 30.3 Å². The van der Waals surface area contributed by atoms with E-state index in [1.807, 2.05) is 0 Å². The Morgan fingerprint density at radius 1 is 1.44 bits per heavy atom. The first-order valence-corrected chi connectivity index (χ1v) is 7.78. The SMILES string of the molecule is O=S(=O)(NCCC(O)C1CC1)c1cccc(Cl)c1. The van der Waals surface area contributed by atoms with Crippen LogP contribution in [-0.2, 0) is 10.0 Å². The maximum absolute atomic E-state index is 11.9. The first-order valence-electron chi connectivity index (χ1n) is 5.92. The molecule has 1 aromatic carbocycles. The normalized spacial score (nSPS) is 17.7. The van der Waals surface area contributed by atoms with Gasteiger partial charge in [0.25, 0.3) is 0 Å². The second kappa shape index (κ2) is 5.57. The Labute approximate surface area is 112 Å². The quantitative estimate of drug-likeness (QED) is 0.839. The molecule has 1 atom stereocenters. The van der Waals surface area contributed by atoms with Gasteiger partial charge >= 0.3 is 0 Å². The summed E-state index contributed by atoms with van der Waals surface area (Å²) in [6.07, 6.45) is 2.14. The Kier molecular flexibility index (Phi) is 4.27. The third-order valence-corrected chi connectivity index (χ3v) is 4.70. The lowest BCUT2D eigenvalue weighted by Gasteiger charge is -2.10.